The second kappa shape index (κ2) is 7.25. The summed E-state index contributed by atoms with van der Waals surface area (Å²) in [6.45, 7) is 8.95. The molecule has 20 heavy (non-hydrogen) atoms. The average molecular weight is 267 g/mol. The molecule has 0 aliphatic carbocycles. The first-order valence-electron chi connectivity index (χ1n) is 7.48. The van der Waals surface area contributed by atoms with E-state index in [2.05, 4.69) is 86.3 Å². The van der Waals surface area contributed by atoms with Crippen LogP contribution in [0.15, 0.2) is 60.7 Å². The zero-order valence-electron chi connectivity index (χ0n) is 12.8. The van der Waals surface area contributed by atoms with Crippen molar-refractivity contribution in [2.45, 2.75) is 39.9 Å². The minimum atomic E-state index is 0.565. The van der Waals surface area contributed by atoms with Gasteiger partial charge in [0.1, 0.15) is 0 Å². The van der Waals surface area contributed by atoms with Crippen molar-refractivity contribution in [3.8, 4) is 0 Å². The fourth-order valence-corrected chi connectivity index (χ4v) is 2.40. The zero-order valence-corrected chi connectivity index (χ0v) is 12.8. The van der Waals surface area contributed by atoms with Gasteiger partial charge in [0.25, 0.3) is 0 Å². The third-order valence-electron chi connectivity index (χ3n) is 4.00. The van der Waals surface area contributed by atoms with Gasteiger partial charge in [-0.25, -0.2) is 0 Å². The maximum atomic E-state index is 2.56. The number of hydrogen-bond donors (Lipinski definition) is 0. The first-order chi connectivity index (χ1) is 9.66. The van der Waals surface area contributed by atoms with E-state index in [1.54, 1.807) is 0 Å². The molecule has 0 saturated heterocycles. The monoisotopic (exact) mass is 267 g/mol. The minimum absolute atomic E-state index is 0.565. The molecule has 106 valence electrons. The highest BCUT2D eigenvalue weighted by atomic mass is 15.1. The van der Waals surface area contributed by atoms with E-state index in [9.17, 15) is 0 Å². The highest BCUT2D eigenvalue weighted by molar-refractivity contribution is 5.17. The van der Waals surface area contributed by atoms with Crippen LogP contribution in [0.2, 0.25) is 0 Å². The lowest BCUT2D eigenvalue weighted by Crippen LogP contribution is -2.35. The van der Waals surface area contributed by atoms with Gasteiger partial charge in [-0.3, -0.25) is 4.90 Å². The van der Waals surface area contributed by atoms with E-state index in [-0.39, 0.29) is 0 Å². The van der Waals surface area contributed by atoms with E-state index < -0.39 is 0 Å². The summed E-state index contributed by atoms with van der Waals surface area (Å²) in [5.41, 5.74) is 2.77. The van der Waals surface area contributed by atoms with Gasteiger partial charge in [0.15, 0.2) is 0 Å². The van der Waals surface area contributed by atoms with E-state index in [0.29, 0.717) is 12.0 Å². The van der Waals surface area contributed by atoms with Crippen LogP contribution in [-0.2, 0) is 13.1 Å². The van der Waals surface area contributed by atoms with Crippen molar-refractivity contribution in [2.75, 3.05) is 0 Å². The van der Waals surface area contributed by atoms with Crippen molar-refractivity contribution in [1.29, 1.82) is 0 Å². The lowest BCUT2D eigenvalue weighted by molar-refractivity contribution is 0.151. The van der Waals surface area contributed by atoms with Crippen LogP contribution in [0.3, 0.4) is 0 Å². The smallest absolute Gasteiger partial charge is 0.0240 e. The van der Waals surface area contributed by atoms with Gasteiger partial charge in [0.2, 0.25) is 0 Å². The maximum Gasteiger partial charge on any atom is 0.0240 e. The first kappa shape index (κ1) is 14.8. The fraction of sp³-hybridized carbons (Fsp3) is 0.368. The van der Waals surface area contributed by atoms with Gasteiger partial charge in [0, 0.05) is 19.1 Å². The third kappa shape index (κ3) is 4.21. The summed E-state index contributed by atoms with van der Waals surface area (Å²) in [5, 5.41) is 0. The lowest BCUT2D eigenvalue weighted by atomic mass is 10.0. The van der Waals surface area contributed by atoms with E-state index in [4.69, 9.17) is 0 Å². The molecule has 2 aromatic rings. The molecule has 0 aliphatic rings. The predicted octanol–water partition coefficient (Wildman–Crippen LogP) is 4.73. The molecule has 0 bridgehead atoms. The Hall–Kier alpha value is -1.60. The lowest BCUT2D eigenvalue weighted by Gasteiger charge is -2.32. The molecule has 0 heterocycles. The van der Waals surface area contributed by atoms with Crippen LogP contribution in [-0.4, -0.2) is 10.9 Å². The Morgan fingerprint density at radius 1 is 0.700 bits per heavy atom. The number of benzene rings is 2. The Balaban J connectivity index is 2.12. The van der Waals surface area contributed by atoms with Crippen molar-refractivity contribution >= 4 is 0 Å². The molecule has 0 saturated carbocycles. The van der Waals surface area contributed by atoms with E-state index >= 15 is 0 Å². The Kier molecular flexibility index (Phi) is 5.37. The number of nitrogens with zero attached hydrogens (tertiary/aromatic N) is 1. The van der Waals surface area contributed by atoms with Crippen molar-refractivity contribution in [1.82, 2.24) is 4.90 Å². The van der Waals surface area contributed by atoms with Crippen molar-refractivity contribution in [2.24, 2.45) is 5.92 Å². The Bertz CT molecular complexity index is 448. The van der Waals surface area contributed by atoms with Crippen LogP contribution in [0.5, 0.6) is 0 Å². The standard InChI is InChI=1S/C19H25N/c1-16(2)17(3)20(14-18-10-6-4-7-11-18)15-19-12-8-5-9-13-19/h4-13,16-17H,14-15H2,1-3H3/t17-/m1/s1. The molecule has 0 aromatic heterocycles. The molecule has 0 radical (unpaired) electrons. The van der Waals surface area contributed by atoms with E-state index in [0.717, 1.165) is 13.1 Å². The van der Waals surface area contributed by atoms with Gasteiger partial charge in [-0.15, -0.1) is 0 Å². The highest BCUT2D eigenvalue weighted by Crippen LogP contribution is 2.17. The summed E-state index contributed by atoms with van der Waals surface area (Å²) >= 11 is 0. The minimum Gasteiger partial charge on any atom is -0.292 e. The van der Waals surface area contributed by atoms with E-state index in [1.807, 2.05) is 0 Å². The molecule has 0 spiro atoms. The molecule has 0 N–H and O–H groups in total. The Labute approximate surface area is 123 Å². The third-order valence-corrected chi connectivity index (χ3v) is 4.00. The summed E-state index contributed by atoms with van der Waals surface area (Å²) < 4.78 is 0. The molecule has 2 rings (SSSR count). The van der Waals surface area contributed by atoms with Gasteiger partial charge < -0.3 is 0 Å². The van der Waals surface area contributed by atoms with Gasteiger partial charge in [-0.1, -0.05) is 74.5 Å². The topological polar surface area (TPSA) is 3.24 Å². The number of rotatable bonds is 6. The second-order valence-corrected chi connectivity index (χ2v) is 5.86. The second-order valence-electron chi connectivity index (χ2n) is 5.86. The summed E-state index contributed by atoms with van der Waals surface area (Å²) in [5.74, 6) is 0.655. The largest absolute Gasteiger partial charge is 0.292 e. The molecular weight excluding hydrogens is 242 g/mol. The van der Waals surface area contributed by atoms with Crippen LogP contribution in [0.4, 0.5) is 0 Å². The van der Waals surface area contributed by atoms with Crippen molar-refractivity contribution in [3.63, 3.8) is 0 Å². The quantitative estimate of drug-likeness (QED) is 0.731. The molecule has 0 amide bonds. The van der Waals surface area contributed by atoms with Gasteiger partial charge in [-0.2, -0.15) is 0 Å². The molecule has 2 aromatic carbocycles. The Morgan fingerprint density at radius 3 is 1.45 bits per heavy atom. The van der Waals surface area contributed by atoms with Crippen LogP contribution in [0.1, 0.15) is 31.9 Å². The van der Waals surface area contributed by atoms with Gasteiger partial charge >= 0.3 is 0 Å². The summed E-state index contributed by atoms with van der Waals surface area (Å²) in [7, 11) is 0. The SMILES string of the molecule is CC(C)[C@@H](C)N(Cc1ccccc1)Cc1ccccc1. The van der Waals surface area contributed by atoms with Crippen LogP contribution in [0, 0.1) is 5.92 Å². The molecule has 1 nitrogen and oxygen atoms in total. The predicted molar refractivity (Wildman–Crippen MR) is 86.4 cm³/mol. The molecule has 1 heteroatoms. The van der Waals surface area contributed by atoms with Crippen molar-refractivity contribution < 1.29 is 0 Å². The summed E-state index contributed by atoms with van der Waals surface area (Å²) in [6.07, 6.45) is 0. The van der Waals surface area contributed by atoms with Crippen molar-refractivity contribution in [3.05, 3.63) is 71.8 Å². The van der Waals surface area contributed by atoms with Crippen LogP contribution < -0.4 is 0 Å². The Morgan fingerprint density at radius 2 is 1.10 bits per heavy atom. The fourth-order valence-electron chi connectivity index (χ4n) is 2.40. The molecule has 1 atom stereocenters. The number of hydrogen-bond acceptors (Lipinski definition) is 1. The zero-order chi connectivity index (χ0) is 14.4. The normalized spacial score (nSPS) is 12.8. The van der Waals surface area contributed by atoms with E-state index in [1.165, 1.54) is 11.1 Å². The van der Waals surface area contributed by atoms with Crippen LogP contribution in [0.25, 0.3) is 0 Å². The van der Waals surface area contributed by atoms with Gasteiger partial charge in [-0.05, 0) is 24.0 Å². The van der Waals surface area contributed by atoms with Gasteiger partial charge in [0.05, 0.1) is 0 Å². The van der Waals surface area contributed by atoms with Crippen LogP contribution >= 0.6 is 0 Å². The molecule has 0 aliphatic heterocycles. The highest BCUT2D eigenvalue weighted by Gasteiger charge is 2.17. The summed E-state index contributed by atoms with van der Waals surface area (Å²) in [6, 6.07) is 22.1. The maximum absolute atomic E-state index is 2.56. The summed E-state index contributed by atoms with van der Waals surface area (Å²) in [4.78, 5) is 2.56. The molecular formula is C19H25N. The first-order valence-corrected chi connectivity index (χ1v) is 7.48. The average Bonchev–Trinajstić information content (AvgIpc) is 2.48. The molecule has 0 unspecified atom stereocenters. The molecule has 0 fully saturated rings.